The lowest BCUT2D eigenvalue weighted by atomic mass is 10.0. The number of aryl methyl sites for hydroxylation is 1. The Hall–Kier alpha value is -2.33. The van der Waals surface area contributed by atoms with E-state index in [2.05, 4.69) is 41.4 Å². The highest BCUT2D eigenvalue weighted by atomic mass is 16.1. The molecule has 2 aromatic carbocycles. The van der Waals surface area contributed by atoms with Gasteiger partial charge in [-0.25, -0.2) is 0 Å². The van der Waals surface area contributed by atoms with E-state index in [0.717, 1.165) is 17.8 Å². The third kappa shape index (κ3) is 5.57. The van der Waals surface area contributed by atoms with Crippen molar-refractivity contribution >= 4 is 11.6 Å². The van der Waals surface area contributed by atoms with Gasteiger partial charge in [-0.3, -0.25) is 9.69 Å². The predicted octanol–water partition coefficient (Wildman–Crippen LogP) is 3.89. The maximum Gasteiger partial charge on any atom is 0.220 e. The van der Waals surface area contributed by atoms with Crippen molar-refractivity contribution in [3.8, 4) is 0 Å². The summed E-state index contributed by atoms with van der Waals surface area (Å²) in [6.07, 6.45) is 5.03. The molecule has 3 rings (SSSR count). The van der Waals surface area contributed by atoms with Gasteiger partial charge in [0, 0.05) is 31.2 Å². The van der Waals surface area contributed by atoms with Crippen molar-refractivity contribution in [2.75, 3.05) is 12.3 Å². The van der Waals surface area contributed by atoms with Gasteiger partial charge in [0.25, 0.3) is 0 Å². The molecule has 3 N–H and O–H groups in total. The van der Waals surface area contributed by atoms with Crippen LogP contribution in [0.4, 0.5) is 5.69 Å². The number of nitrogens with two attached hydrogens (primary N) is 1. The van der Waals surface area contributed by atoms with Gasteiger partial charge in [0.2, 0.25) is 5.91 Å². The van der Waals surface area contributed by atoms with Crippen LogP contribution in [0, 0.1) is 0 Å². The molecule has 1 aliphatic rings. The maximum atomic E-state index is 12.3. The molecular formula is C23H31N3O. The van der Waals surface area contributed by atoms with Crippen LogP contribution in [0.3, 0.4) is 0 Å². The molecule has 1 unspecified atom stereocenters. The molecule has 1 heterocycles. The van der Waals surface area contributed by atoms with Crippen molar-refractivity contribution in [1.29, 1.82) is 0 Å². The minimum absolute atomic E-state index is 0.0689. The maximum absolute atomic E-state index is 12.3. The zero-order valence-electron chi connectivity index (χ0n) is 16.3. The molecule has 0 aromatic heterocycles. The number of para-hydroxylation sites is 1. The molecule has 1 saturated heterocycles. The van der Waals surface area contributed by atoms with Crippen molar-refractivity contribution in [1.82, 2.24) is 10.2 Å². The number of piperidine rings is 1. The topological polar surface area (TPSA) is 58.4 Å². The second-order valence-electron chi connectivity index (χ2n) is 7.56. The normalized spacial score (nSPS) is 17.6. The second-order valence-corrected chi connectivity index (χ2v) is 7.56. The van der Waals surface area contributed by atoms with Crippen LogP contribution in [0.1, 0.15) is 49.3 Å². The average Bonchev–Trinajstić information content (AvgIpc) is 2.68. The summed E-state index contributed by atoms with van der Waals surface area (Å²) in [4.78, 5) is 14.8. The van der Waals surface area contributed by atoms with Crippen molar-refractivity contribution < 1.29 is 4.79 Å². The van der Waals surface area contributed by atoms with Crippen LogP contribution in [-0.4, -0.2) is 23.4 Å². The number of carbonyl (C=O) groups is 1. The van der Waals surface area contributed by atoms with Crippen LogP contribution >= 0.6 is 0 Å². The molecule has 4 nitrogen and oxygen atoms in total. The summed E-state index contributed by atoms with van der Waals surface area (Å²) in [6.45, 7) is 5.04. The predicted molar refractivity (Wildman–Crippen MR) is 111 cm³/mol. The number of rotatable bonds is 7. The van der Waals surface area contributed by atoms with Gasteiger partial charge in [-0.1, -0.05) is 48.9 Å². The third-order valence-corrected chi connectivity index (χ3v) is 5.58. The molecule has 0 bridgehead atoms. The van der Waals surface area contributed by atoms with Crippen LogP contribution in [0.15, 0.2) is 48.5 Å². The number of hydrogen-bond donors (Lipinski definition) is 2. The number of nitrogen functional groups attached to an aromatic ring is 1. The van der Waals surface area contributed by atoms with E-state index in [9.17, 15) is 4.79 Å². The molecule has 0 spiro atoms. The number of amides is 1. The Kier molecular flexibility index (Phi) is 6.88. The van der Waals surface area contributed by atoms with E-state index in [4.69, 9.17) is 5.73 Å². The first-order chi connectivity index (χ1) is 13.1. The third-order valence-electron chi connectivity index (χ3n) is 5.58. The number of anilines is 1. The zero-order chi connectivity index (χ0) is 19.1. The number of carbonyl (C=O) groups excluding carboxylic acids is 1. The smallest absolute Gasteiger partial charge is 0.220 e. The largest absolute Gasteiger partial charge is 0.399 e. The van der Waals surface area contributed by atoms with Crippen LogP contribution in [0.5, 0.6) is 0 Å². The molecule has 1 aliphatic heterocycles. The van der Waals surface area contributed by atoms with Crippen molar-refractivity contribution in [2.24, 2.45) is 0 Å². The summed E-state index contributed by atoms with van der Waals surface area (Å²) in [5.41, 5.74) is 10.3. The van der Waals surface area contributed by atoms with Crippen LogP contribution in [0.25, 0.3) is 0 Å². The summed E-state index contributed by atoms with van der Waals surface area (Å²) in [7, 11) is 0. The highest BCUT2D eigenvalue weighted by Gasteiger charge is 2.19. The summed E-state index contributed by atoms with van der Waals surface area (Å²) < 4.78 is 0. The quantitative estimate of drug-likeness (QED) is 0.732. The summed E-state index contributed by atoms with van der Waals surface area (Å²) in [6, 6.07) is 16.8. The minimum Gasteiger partial charge on any atom is -0.399 e. The van der Waals surface area contributed by atoms with E-state index in [1.807, 2.05) is 24.3 Å². The van der Waals surface area contributed by atoms with E-state index in [-0.39, 0.29) is 5.91 Å². The highest BCUT2D eigenvalue weighted by Crippen LogP contribution is 2.21. The number of likely N-dealkylation sites (tertiary alicyclic amines) is 1. The van der Waals surface area contributed by atoms with Gasteiger partial charge in [-0.2, -0.15) is 0 Å². The lowest BCUT2D eigenvalue weighted by Gasteiger charge is -2.33. The average molecular weight is 366 g/mol. The van der Waals surface area contributed by atoms with Crippen molar-refractivity contribution in [2.45, 2.75) is 58.2 Å². The Bertz CT molecular complexity index is 759. The van der Waals surface area contributed by atoms with Crippen LogP contribution < -0.4 is 11.1 Å². The first-order valence-corrected chi connectivity index (χ1v) is 10.0. The lowest BCUT2D eigenvalue weighted by molar-refractivity contribution is -0.121. The number of nitrogens with one attached hydrogen (secondary N) is 1. The van der Waals surface area contributed by atoms with Crippen LogP contribution in [0.2, 0.25) is 0 Å². The summed E-state index contributed by atoms with van der Waals surface area (Å²) in [5.74, 6) is 0.0689. The van der Waals surface area contributed by atoms with Gasteiger partial charge in [-0.05, 0) is 55.5 Å². The zero-order valence-corrected chi connectivity index (χ0v) is 16.3. The van der Waals surface area contributed by atoms with Gasteiger partial charge in [0.15, 0.2) is 0 Å². The van der Waals surface area contributed by atoms with Crippen molar-refractivity contribution in [3.05, 3.63) is 65.2 Å². The Morgan fingerprint density at radius 2 is 1.78 bits per heavy atom. The van der Waals surface area contributed by atoms with Gasteiger partial charge >= 0.3 is 0 Å². The molecule has 144 valence electrons. The number of hydrogen-bond acceptors (Lipinski definition) is 3. The molecule has 0 saturated carbocycles. The molecule has 1 atom stereocenters. The number of benzene rings is 2. The summed E-state index contributed by atoms with van der Waals surface area (Å²) in [5, 5.41) is 3.08. The molecule has 27 heavy (non-hydrogen) atoms. The molecule has 1 amide bonds. The molecule has 0 radical (unpaired) electrons. The number of nitrogens with zero attached hydrogens (tertiary/aromatic N) is 1. The molecule has 0 aliphatic carbocycles. The van der Waals surface area contributed by atoms with Gasteiger partial charge in [0.05, 0.1) is 0 Å². The Balaban J connectivity index is 1.53. The van der Waals surface area contributed by atoms with Crippen LogP contribution in [-0.2, 0) is 24.3 Å². The molecule has 2 aromatic rings. The Labute approximate surface area is 162 Å². The monoisotopic (exact) mass is 365 g/mol. The van der Waals surface area contributed by atoms with E-state index in [1.165, 1.54) is 36.9 Å². The second kappa shape index (κ2) is 9.56. The standard InChI is InChI=1S/C23H31N3O/c1-18-8-6-7-15-26(18)17-21-11-3-2-10-20(21)16-25-23(27)14-13-19-9-4-5-12-22(19)24/h2-5,9-12,18H,6-8,13-17,24H2,1H3,(H,25,27). The molecule has 1 fully saturated rings. The fourth-order valence-corrected chi connectivity index (χ4v) is 3.79. The highest BCUT2D eigenvalue weighted by molar-refractivity contribution is 5.76. The Morgan fingerprint density at radius 1 is 1.07 bits per heavy atom. The van der Waals surface area contributed by atoms with E-state index in [1.54, 1.807) is 0 Å². The molecule has 4 heteroatoms. The SMILES string of the molecule is CC1CCCCN1Cc1ccccc1CNC(=O)CCc1ccccc1N. The van der Waals surface area contributed by atoms with E-state index >= 15 is 0 Å². The summed E-state index contributed by atoms with van der Waals surface area (Å²) >= 11 is 0. The Morgan fingerprint density at radius 3 is 2.52 bits per heavy atom. The first kappa shape index (κ1) is 19.4. The fraction of sp³-hybridized carbons (Fsp3) is 0.435. The van der Waals surface area contributed by atoms with Crippen molar-refractivity contribution in [3.63, 3.8) is 0 Å². The molecular weight excluding hydrogens is 334 g/mol. The van der Waals surface area contributed by atoms with E-state index < -0.39 is 0 Å². The first-order valence-electron chi connectivity index (χ1n) is 10.0. The van der Waals surface area contributed by atoms with Gasteiger partial charge < -0.3 is 11.1 Å². The van der Waals surface area contributed by atoms with Gasteiger partial charge in [-0.15, -0.1) is 0 Å². The lowest BCUT2D eigenvalue weighted by Crippen LogP contribution is -2.37. The fourth-order valence-electron chi connectivity index (χ4n) is 3.79. The minimum atomic E-state index is 0.0689. The van der Waals surface area contributed by atoms with E-state index in [0.29, 0.717) is 25.4 Å². The van der Waals surface area contributed by atoms with Gasteiger partial charge in [0.1, 0.15) is 0 Å².